The topological polar surface area (TPSA) is 29.9 Å². The number of rotatable bonds is 7. The Kier molecular flexibility index (Phi) is 6.75. The van der Waals surface area contributed by atoms with Crippen LogP contribution in [0, 0.1) is 5.92 Å². The molecule has 0 amide bonds. The molecule has 1 saturated carbocycles. The Balaban J connectivity index is 1.89. The minimum absolute atomic E-state index is 0.520. The van der Waals surface area contributed by atoms with E-state index in [0.29, 0.717) is 6.04 Å². The molecule has 1 fully saturated rings. The van der Waals surface area contributed by atoms with Crippen LogP contribution < -0.4 is 5.32 Å². The van der Waals surface area contributed by atoms with Crippen molar-refractivity contribution < 1.29 is 0 Å². The molecule has 120 valence electrons. The summed E-state index contributed by atoms with van der Waals surface area (Å²) in [5, 5.41) is 8.52. The molecule has 1 aromatic heterocycles. The lowest BCUT2D eigenvalue weighted by Gasteiger charge is -2.20. The van der Waals surface area contributed by atoms with Crippen LogP contribution in [0.5, 0.6) is 0 Å². The molecule has 0 aromatic carbocycles. The summed E-state index contributed by atoms with van der Waals surface area (Å²) in [5.74, 6) is 0.808. The van der Waals surface area contributed by atoms with Crippen molar-refractivity contribution in [3.63, 3.8) is 0 Å². The van der Waals surface area contributed by atoms with Gasteiger partial charge in [0.25, 0.3) is 0 Å². The Labute approximate surface area is 130 Å². The third-order valence-electron chi connectivity index (χ3n) is 4.92. The van der Waals surface area contributed by atoms with Crippen LogP contribution >= 0.6 is 0 Å². The number of hydrogen-bond acceptors (Lipinski definition) is 2. The minimum Gasteiger partial charge on any atom is -0.314 e. The predicted octanol–water partition coefficient (Wildman–Crippen LogP) is 4.35. The summed E-state index contributed by atoms with van der Waals surface area (Å²) < 4.78 is 2.14. The Morgan fingerprint density at radius 3 is 2.90 bits per heavy atom. The van der Waals surface area contributed by atoms with Gasteiger partial charge in [-0.05, 0) is 57.6 Å². The van der Waals surface area contributed by atoms with Crippen molar-refractivity contribution in [1.82, 2.24) is 15.1 Å². The van der Waals surface area contributed by atoms with Crippen LogP contribution in [0.15, 0.2) is 12.3 Å². The van der Waals surface area contributed by atoms with Crippen LogP contribution in [0.2, 0.25) is 0 Å². The number of aromatic nitrogens is 2. The van der Waals surface area contributed by atoms with Gasteiger partial charge in [-0.25, -0.2) is 0 Å². The molecule has 1 aliphatic rings. The van der Waals surface area contributed by atoms with Gasteiger partial charge >= 0.3 is 0 Å². The first-order valence-corrected chi connectivity index (χ1v) is 9.00. The highest BCUT2D eigenvalue weighted by Crippen LogP contribution is 2.26. The molecule has 0 spiro atoms. The van der Waals surface area contributed by atoms with Crippen molar-refractivity contribution in [2.45, 2.75) is 84.2 Å². The van der Waals surface area contributed by atoms with Crippen molar-refractivity contribution in [1.29, 1.82) is 0 Å². The summed E-state index contributed by atoms with van der Waals surface area (Å²) in [5.41, 5.74) is 1.29. The molecule has 21 heavy (non-hydrogen) atoms. The second-order valence-electron chi connectivity index (χ2n) is 6.79. The molecule has 0 aliphatic heterocycles. The van der Waals surface area contributed by atoms with Crippen molar-refractivity contribution in [3.05, 3.63) is 18.0 Å². The van der Waals surface area contributed by atoms with E-state index in [4.69, 9.17) is 5.10 Å². The first-order chi connectivity index (χ1) is 10.2. The van der Waals surface area contributed by atoms with Gasteiger partial charge in [0, 0.05) is 18.3 Å². The highest BCUT2D eigenvalue weighted by molar-refractivity contribution is 5.01. The van der Waals surface area contributed by atoms with Gasteiger partial charge in [0.1, 0.15) is 0 Å². The predicted molar refractivity (Wildman–Crippen MR) is 89.6 cm³/mol. The highest BCUT2D eigenvalue weighted by Gasteiger charge is 2.21. The summed E-state index contributed by atoms with van der Waals surface area (Å²) in [6.07, 6.45) is 12.5. The van der Waals surface area contributed by atoms with Gasteiger partial charge in [-0.1, -0.05) is 33.1 Å². The van der Waals surface area contributed by atoms with Gasteiger partial charge in [-0.15, -0.1) is 0 Å². The second kappa shape index (κ2) is 8.57. The van der Waals surface area contributed by atoms with Crippen molar-refractivity contribution in [2.24, 2.45) is 5.92 Å². The van der Waals surface area contributed by atoms with Gasteiger partial charge in [-0.3, -0.25) is 4.68 Å². The van der Waals surface area contributed by atoms with Crippen LogP contribution in [-0.2, 0) is 6.42 Å². The summed E-state index contributed by atoms with van der Waals surface area (Å²) in [6.45, 7) is 7.89. The van der Waals surface area contributed by atoms with Crippen LogP contribution in [-0.4, -0.2) is 22.4 Å². The quantitative estimate of drug-likeness (QED) is 0.757. The molecule has 1 aliphatic carbocycles. The third-order valence-corrected chi connectivity index (χ3v) is 4.92. The van der Waals surface area contributed by atoms with Crippen LogP contribution in [0.3, 0.4) is 0 Å². The summed E-state index contributed by atoms with van der Waals surface area (Å²) >= 11 is 0. The lowest BCUT2D eigenvalue weighted by molar-refractivity contribution is 0.379. The average Bonchev–Trinajstić information content (AvgIpc) is 2.84. The lowest BCUT2D eigenvalue weighted by atomic mass is 9.93. The Hall–Kier alpha value is -0.830. The van der Waals surface area contributed by atoms with E-state index in [1.807, 2.05) is 0 Å². The van der Waals surface area contributed by atoms with E-state index in [1.54, 1.807) is 0 Å². The van der Waals surface area contributed by atoms with Crippen molar-refractivity contribution in [2.75, 3.05) is 6.54 Å². The SMILES string of the molecule is CCCNC1CCCCC(Cc2ccn(C(C)CC)n2)C1. The molecule has 1 aromatic rings. The summed E-state index contributed by atoms with van der Waals surface area (Å²) in [7, 11) is 0. The maximum atomic E-state index is 4.79. The first-order valence-electron chi connectivity index (χ1n) is 9.00. The highest BCUT2D eigenvalue weighted by atomic mass is 15.3. The normalized spacial score (nSPS) is 24.7. The first kappa shape index (κ1) is 16.5. The number of nitrogens with one attached hydrogen (secondary N) is 1. The zero-order valence-electron chi connectivity index (χ0n) is 14.1. The van der Waals surface area contributed by atoms with E-state index >= 15 is 0 Å². The average molecular weight is 291 g/mol. The Morgan fingerprint density at radius 1 is 1.33 bits per heavy atom. The fraction of sp³-hybridized carbons (Fsp3) is 0.833. The van der Waals surface area contributed by atoms with E-state index in [0.717, 1.165) is 24.8 Å². The zero-order chi connectivity index (χ0) is 15.1. The monoisotopic (exact) mass is 291 g/mol. The van der Waals surface area contributed by atoms with Gasteiger partial charge in [0.15, 0.2) is 0 Å². The van der Waals surface area contributed by atoms with Gasteiger partial charge < -0.3 is 5.32 Å². The van der Waals surface area contributed by atoms with Crippen LogP contribution in [0.4, 0.5) is 0 Å². The number of nitrogens with zero attached hydrogens (tertiary/aromatic N) is 2. The Morgan fingerprint density at radius 2 is 2.14 bits per heavy atom. The molecule has 1 N–H and O–H groups in total. The lowest BCUT2D eigenvalue weighted by Crippen LogP contribution is -2.31. The maximum absolute atomic E-state index is 4.79. The van der Waals surface area contributed by atoms with E-state index < -0.39 is 0 Å². The largest absolute Gasteiger partial charge is 0.314 e. The van der Waals surface area contributed by atoms with Gasteiger partial charge in [0.05, 0.1) is 5.69 Å². The standard InChI is InChI=1S/C18H33N3/c1-4-11-19-17-9-7-6-8-16(13-17)14-18-10-12-21(20-18)15(3)5-2/h10,12,15-17,19H,4-9,11,13-14H2,1-3H3. The molecule has 3 unspecified atom stereocenters. The fourth-order valence-corrected chi connectivity index (χ4v) is 3.40. The number of hydrogen-bond donors (Lipinski definition) is 1. The van der Waals surface area contributed by atoms with Gasteiger partial charge in [0.2, 0.25) is 0 Å². The molecule has 3 atom stereocenters. The molecule has 3 nitrogen and oxygen atoms in total. The molecular weight excluding hydrogens is 258 g/mol. The Bertz CT molecular complexity index is 399. The molecular formula is C18H33N3. The molecule has 1 heterocycles. The van der Waals surface area contributed by atoms with E-state index in [9.17, 15) is 0 Å². The summed E-state index contributed by atoms with van der Waals surface area (Å²) in [6, 6.07) is 3.48. The molecule has 2 rings (SSSR count). The van der Waals surface area contributed by atoms with E-state index in [2.05, 4.69) is 43.0 Å². The summed E-state index contributed by atoms with van der Waals surface area (Å²) in [4.78, 5) is 0. The maximum Gasteiger partial charge on any atom is 0.0627 e. The van der Waals surface area contributed by atoms with Crippen LogP contribution in [0.25, 0.3) is 0 Å². The minimum atomic E-state index is 0.520. The van der Waals surface area contributed by atoms with E-state index in [-0.39, 0.29) is 0 Å². The van der Waals surface area contributed by atoms with Crippen molar-refractivity contribution in [3.8, 4) is 0 Å². The molecule has 0 bridgehead atoms. The third kappa shape index (κ3) is 5.14. The molecule has 0 saturated heterocycles. The van der Waals surface area contributed by atoms with E-state index in [1.165, 1.54) is 50.8 Å². The molecule has 3 heteroatoms. The van der Waals surface area contributed by atoms with Gasteiger partial charge in [-0.2, -0.15) is 5.10 Å². The smallest absolute Gasteiger partial charge is 0.0627 e. The second-order valence-corrected chi connectivity index (χ2v) is 6.79. The van der Waals surface area contributed by atoms with Crippen LogP contribution in [0.1, 0.15) is 77.5 Å². The fourth-order valence-electron chi connectivity index (χ4n) is 3.40. The van der Waals surface area contributed by atoms with Crippen molar-refractivity contribution >= 4 is 0 Å². The molecule has 0 radical (unpaired) electrons. The zero-order valence-corrected chi connectivity index (χ0v) is 14.1.